The third kappa shape index (κ3) is 1.03. The zero-order valence-electron chi connectivity index (χ0n) is 6.02. The zero-order valence-corrected chi connectivity index (χ0v) is 6.83. The van der Waals surface area contributed by atoms with Gasteiger partial charge >= 0.3 is 0 Å². The number of fused-ring (bicyclic) bond motifs is 1. The van der Waals surface area contributed by atoms with E-state index in [-0.39, 0.29) is 5.82 Å². The van der Waals surface area contributed by atoms with Gasteiger partial charge in [-0.15, -0.1) is 11.3 Å². The topological polar surface area (TPSA) is 0 Å². The standard InChI is InChI=1S/C9H6FS/c1-6-4-9-7(2-3-11-9)5-8(6)10/h2,4-5H,1H3. The molecule has 0 saturated heterocycles. The lowest BCUT2D eigenvalue weighted by Gasteiger charge is -1.94. The molecule has 1 aromatic heterocycles. The van der Waals surface area contributed by atoms with Gasteiger partial charge in [0.15, 0.2) is 0 Å². The molecule has 11 heavy (non-hydrogen) atoms. The number of hydrogen-bond acceptors (Lipinski definition) is 1. The Morgan fingerprint density at radius 3 is 3.09 bits per heavy atom. The van der Waals surface area contributed by atoms with E-state index >= 15 is 0 Å². The Morgan fingerprint density at radius 1 is 1.45 bits per heavy atom. The molecule has 55 valence electrons. The normalized spacial score (nSPS) is 10.7. The van der Waals surface area contributed by atoms with Gasteiger partial charge in [-0.2, -0.15) is 0 Å². The van der Waals surface area contributed by atoms with Crippen LogP contribution in [-0.4, -0.2) is 0 Å². The Kier molecular flexibility index (Phi) is 1.43. The molecule has 0 fully saturated rings. The van der Waals surface area contributed by atoms with E-state index in [9.17, 15) is 4.39 Å². The Morgan fingerprint density at radius 2 is 2.27 bits per heavy atom. The first-order valence-electron chi connectivity index (χ1n) is 3.33. The molecule has 1 radical (unpaired) electrons. The first-order chi connectivity index (χ1) is 5.27. The summed E-state index contributed by atoms with van der Waals surface area (Å²) in [5, 5.41) is 3.91. The van der Waals surface area contributed by atoms with Crippen LogP contribution in [0.3, 0.4) is 0 Å². The van der Waals surface area contributed by atoms with Gasteiger partial charge in [0.25, 0.3) is 0 Å². The van der Waals surface area contributed by atoms with Crippen molar-refractivity contribution in [3.05, 3.63) is 35.0 Å². The second-order valence-corrected chi connectivity index (χ2v) is 3.38. The number of halogens is 1. The molecule has 0 aliphatic carbocycles. The van der Waals surface area contributed by atoms with Crippen molar-refractivity contribution in [2.24, 2.45) is 0 Å². The lowest BCUT2D eigenvalue weighted by molar-refractivity contribution is 0.620. The third-order valence-corrected chi connectivity index (χ3v) is 2.48. The van der Waals surface area contributed by atoms with Gasteiger partial charge in [0, 0.05) is 10.1 Å². The predicted octanol–water partition coefficient (Wildman–Crippen LogP) is 3.15. The minimum atomic E-state index is -0.135. The van der Waals surface area contributed by atoms with E-state index in [0.717, 1.165) is 10.1 Å². The minimum Gasteiger partial charge on any atom is -0.207 e. The van der Waals surface area contributed by atoms with Crippen LogP contribution < -0.4 is 0 Å². The fraction of sp³-hybridized carbons (Fsp3) is 0.111. The van der Waals surface area contributed by atoms with Crippen molar-refractivity contribution >= 4 is 21.4 Å². The fourth-order valence-electron chi connectivity index (χ4n) is 1.03. The van der Waals surface area contributed by atoms with Gasteiger partial charge in [0.2, 0.25) is 0 Å². The second kappa shape index (κ2) is 2.31. The van der Waals surface area contributed by atoms with E-state index in [1.54, 1.807) is 13.0 Å². The molecule has 1 aromatic carbocycles. The van der Waals surface area contributed by atoms with Crippen LogP contribution in [0.1, 0.15) is 5.56 Å². The van der Waals surface area contributed by atoms with Crippen LogP contribution in [0.5, 0.6) is 0 Å². The lowest BCUT2D eigenvalue weighted by Crippen LogP contribution is -1.78. The molecule has 0 aliphatic heterocycles. The van der Waals surface area contributed by atoms with Crippen molar-refractivity contribution < 1.29 is 4.39 Å². The molecule has 0 aliphatic rings. The van der Waals surface area contributed by atoms with Crippen LogP contribution in [0.25, 0.3) is 10.1 Å². The summed E-state index contributed by atoms with van der Waals surface area (Å²) in [6.07, 6.45) is 0. The molecule has 2 heteroatoms. The van der Waals surface area contributed by atoms with Crippen molar-refractivity contribution in [1.82, 2.24) is 0 Å². The summed E-state index contributed by atoms with van der Waals surface area (Å²) < 4.78 is 14.0. The van der Waals surface area contributed by atoms with Gasteiger partial charge in [0.1, 0.15) is 5.82 Å². The average Bonchev–Trinajstić information content (AvgIpc) is 2.36. The van der Waals surface area contributed by atoms with E-state index in [1.165, 1.54) is 11.3 Å². The number of benzene rings is 1. The molecule has 0 atom stereocenters. The molecule has 0 amide bonds. The van der Waals surface area contributed by atoms with Crippen LogP contribution in [0.2, 0.25) is 0 Å². The summed E-state index contributed by atoms with van der Waals surface area (Å²) in [7, 11) is 0. The molecule has 2 rings (SSSR count). The maximum absolute atomic E-state index is 12.9. The number of thiophene rings is 1. The van der Waals surface area contributed by atoms with Gasteiger partial charge in [-0.1, -0.05) is 0 Å². The highest BCUT2D eigenvalue weighted by Gasteiger charge is 2.00. The fourth-order valence-corrected chi connectivity index (χ4v) is 1.81. The van der Waals surface area contributed by atoms with Crippen LogP contribution in [0.4, 0.5) is 4.39 Å². The molecule has 0 spiro atoms. The van der Waals surface area contributed by atoms with Crippen molar-refractivity contribution in [2.45, 2.75) is 6.92 Å². The zero-order chi connectivity index (χ0) is 7.84. The molecule has 1 heterocycles. The molecule has 0 nitrogen and oxygen atoms in total. The summed E-state index contributed by atoms with van der Waals surface area (Å²) in [5.41, 5.74) is 0.702. The Bertz CT molecular complexity index is 353. The van der Waals surface area contributed by atoms with Crippen LogP contribution in [-0.2, 0) is 0 Å². The maximum Gasteiger partial charge on any atom is 0.126 e. The number of hydrogen-bond donors (Lipinski definition) is 0. The molecular formula is C9H6FS. The van der Waals surface area contributed by atoms with Crippen LogP contribution >= 0.6 is 11.3 Å². The van der Waals surface area contributed by atoms with Gasteiger partial charge < -0.3 is 0 Å². The SMILES string of the molecule is Cc1cc2s[c]cc2cc1F. The highest BCUT2D eigenvalue weighted by atomic mass is 32.1. The summed E-state index contributed by atoms with van der Waals surface area (Å²) in [6, 6.07) is 5.21. The molecule has 0 bridgehead atoms. The van der Waals surface area contributed by atoms with Crippen molar-refractivity contribution in [3.63, 3.8) is 0 Å². The lowest BCUT2D eigenvalue weighted by atomic mass is 10.2. The Labute approximate surface area is 68.3 Å². The van der Waals surface area contributed by atoms with E-state index in [4.69, 9.17) is 0 Å². The van der Waals surface area contributed by atoms with Crippen LogP contribution in [0.15, 0.2) is 18.2 Å². The van der Waals surface area contributed by atoms with Gasteiger partial charge in [-0.25, -0.2) is 4.39 Å². The van der Waals surface area contributed by atoms with Gasteiger partial charge in [-0.05, 0) is 36.1 Å². The Hall–Kier alpha value is -0.890. The van der Waals surface area contributed by atoms with Gasteiger partial charge in [-0.3, -0.25) is 0 Å². The summed E-state index contributed by atoms with van der Waals surface area (Å²) in [5.74, 6) is -0.135. The quantitative estimate of drug-likeness (QED) is 0.562. The largest absolute Gasteiger partial charge is 0.207 e. The molecule has 0 unspecified atom stereocenters. The van der Waals surface area contributed by atoms with Crippen molar-refractivity contribution in [3.8, 4) is 0 Å². The Balaban J connectivity index is 2.86. The van der Waals surface area contributed by atoms with Gasteiger partial charge in [0.05, 0.1) is 0 Å². The molecule has 0 saturated carbocycles. The van der Waals surface area contributed by atoms with Crippen LogP contribution in [0, 0.1) is 18.1 Å². The smallest absolute Gasteiger partial charge is 0.126 e. The van der Waals surface area contributed by atoms with E-state index in [1.807, 2.05) is 12.1 Å². The first-order valence-corrected chi connectivity index (χ1v) is 4.15. The van der Waals surface area contributed by atoms with Crippen molar-refractivity contribution in [2.75, 3.05) is 0 Å². The first kappa shape index (κ1) is 6.80. The van der Waals surface area contributed by atoms with Crippen molar-refractivity contribution in [1.29, 1.82) is 0 Å². The molecule has 2 aromatic rings. The highest BCUT2D eigenvalue weighted by Crippen LogP contribution is 2.22. The monoisotopic (exact) mass is 165 g/mol. The minimum absolute atomic E-state index is 0.135. The summed E-state index contributed by atoms with van der Waals surface area (Å²) in [6.45, 7) is 1.77. The summed E-state index contributed by atoms with van der Waals surface area (Å²) >= 11 is 1.52. The molecular weight excluding hydrogens is 159 g/mol. The second-order valence-electron chi connectivity index (χ2n) is 2.50. The van der Waals surface area contributed by atoms with E-state index in [0.29, 0.717) is 5.56 Å². The number of rotatable bonds is 0. The van der Waals surface area contributed by atoms with E-state index < -0.39 is 0 Å². The highest BCUT2D eigenvalue weighted by molar-refractivity contribution is 7.16. The average molecular weight is 165 g/mol. The molecule has 0 N–H and O–H groups in total. The summed E-state index contributed by atoms with van der Waals surface area (Å²) in [4.78, 5) is 0. The predicted molar refractivity (Wildman–Crippen MR) is 45.4 cm³/mol. The maximum atomic E-state index is 12.9. The van der Waals surface area contributed by atoms with E-state index in [2.05, 4.69) is 5.38 Å². The number of aryl methyl sites for hydroxylation is 1. The third-order valence-electron chi connectivity index (χ3n) is 1.67.